The Morgan fingerprint density at radius 2 is 2.11 bits per heavy atom. The van der Waals surface area contributed by atoms with Crippen molar-refractivity contribution in [2.45, 2.75) is 9.79 Å². The van der Waals surface area contributed by atoms with E-state index in [0.717, 1.165) is 12.1 Å². The molecule has 0 atom stereocenters. The fraction of sp³-hybridized carbons (Fsp3) is 0.222. The second kappa shape index (κ2) is 5.36. The Morgan fingerprint density at radius 1 is 1.50 bits per heavy atom. The van der Waals surface area contributed by atoms with Crippen LogP contribution in [0.15, 0.2) is 28.0 Å². The van der Waals surface area contributed by atoms with Gasteiger partial charge in [-0.05, 0) is 18.4 Å². The van der Waals surface area contributed by atoms with Crippen molar-refractivity contribution < 1.29 is 23.2 Å². The molecule has 0 aliphatic rings. The molecule has 0 aliphatic heterocycles. The van der Waals surface area contributed by atoms with Crippen LogP contribution in [0.5, 0.6) is 0 Å². The molecule has 1 aromatic rings. The Bertz CT molecular complexity index is 595. The molecular formula is C9H9NO6S2. The predicted octanol–water partition coefficient (Wildman–Crippen LogP) is 1.18. The van der Waals surface area contributed by atoms with Gasteiger partial charge in [0.05, 0.1) is 4.92 Å². The van der Waals surface area contributed by atoms with E-state index in [-0.39, 0.29) is 0 Å². The molecule has 98 valence electrons. The molecule has 1 N–H and O–H groups in total. The maximum atomic E-state index is 11.7. The van der Waals surface area contributed by atoms with E-state index in [1.807, 2.05) is 0 Å². The summed E-state index contributed by atoms with van der Waals surface area (Å²) in [4.78, 5) is 20.4. The summed E-state index contributed by atoms with van der Waals surface area (Å²) >= 11 is 1.22. The lowest BCUT2D eigenvalue weighted by molar-refractivity contribution is -0.388. The Balaban J connectivity index is 3.41. The van der Waals surface area contributed by atoms with Gasteiger partial charge in [0.2, 0.25) is 0 Å². The zero-order valence-electron chi connectivity index (χ0n) is 9.19. The predicted molar refractivity (Wildman–Crippen MR) is 64.6 cm³/mol. The minimum atomic E-state index is -4.21. The SMILES string of the molecule is CSc1ccc(S(=O)(=O)CC(=O)O)c([N+](=O)[O-])c1. The number of carboxylic acid groups (broad SMARTS) is 1. The first-order valence-corrected chi connectivity index (χ1v) is 7.42. The number of hydrogen-bond acceptors (Lipinski definition) is 6. The van der Waals surface area contributed by atoms with Crippen LogP contribution in [0.3, 0.4) is 0 Å². The summed E-state index contributed by atoms with van der Waals surface area (Å²) in [5.41, 5.74) is -0.608. The van der Waals surface area contributed by atoms with Gasteiger partial charge in [0.25, 0.3) is 5.69 Å². The highest BCUT2D eigenvalue weighted by molar-refractivity contribution is 7.98. The molecule has 7 nitrogen and oxygen atoms in total. The Labute approximate surface area is 107 Å². The summed E-state index contributed by atoms with van der Waals surface area (Å²) in [6, 6.07) is 3.56. The molecule has 0 bridgehead atoms. The lowest BCUT2D eigenvalue weighted by Crippen LogP contribution is -2.16. The summed E-state index contributed by atoms with van der Waals surface area (Å²) in [6.45, 7) is 0. The van der Waals surface area contributed by atoms with E-state index in [2.05, 4.69) is 0 Å². The number of hydrogen-bond donors (Lipinski definition) is 1. The summed E-state index contributed by atoms with van der Waals surface area (Å²) in [7, 11) is -4.21. The van der Waals surface area contributed by atoms with Crippen LogP contribution in [-0.2, 0) is 14.6 Å². The van der Waals surface area contributed by atoms with Crippen LogP contribution in [0, 0.1) is 10.1 Å². The van der Waals surface area contributed by atoms with Crippen molar-refractivity contribution in [2.24, 2.45) is 0 Å². The number of carbonyl (C=O) groups is 1. The van der Waals surface area contributed by atoms with E-state index < -0.39 is 37.1 Å². The molecule has 0 aliphatic carbocycles. The third kappa shape index (κ3) is 3.20. The van der Waals surface area contributed by atoms with Gasteiger partial charge in [0.1, 0.15) is 4.90 Å². The summed E-state index contributed by atoms with van der Waals surface area (Å²) in [6.07, 6.45) is 1.69. The number of rotatable bonds is 5. The summed E-state index contributed by atoms with van der Waals surface area (Å²) < 4.78 is 23.4. The highest BCUT2D eigenvalue weighted by atomic mass is 32.2. The molecule has 0 aromatic heterocycles. The first-order valence-electron chi connectivity index (χ1n) is 4.55. The topological polar surface area (TPSA) is 115 Å². The monoisotopic (exact) mass is 291 g/mol. The van der Waals surface area contributed by atoms with Crippen molar-refractivity contribution in [1.29, 1.82) is 0 Å². The number of carboxylic acids is 1. The van der Waals surface area contributed by atoms with E-state index >= 15 is 0 Å². The molecule has 0 fully saturated rings. The van der Waals surface area contributed by atoms with Crippen molar-refractivity contribution in [3.05, 3.63) is 28.3 Å². The van der Waals surface area contributed by atoms with Gasteiger partial charge in [-0.2, -0.15) is 0 Å². The smallest absolute Gasteiger partial charge is 0.319 e. The molecule has 0 saturated carbocycles. The van der Waals surface area contributed by atoms with Crippen molar-refractivity contribution in [3.63, 3.8) is 0 Å². The van der Waals surface area contributed by atoms with Crippen LogP contribution in [0.2, 0.25) is 0 Å². The largest absolute Gasteiger partial charge is 0.480 e. The average Bonchev–Trinajstić information content (AvgIpc) is 2.26. The van der Waals surface area contributed by atoms with Crippen molar-refractivity contribution in [2.75, 3.05) is 12.0 Å². The number of benzene rings is 1. The number of nitrogens with zero attached hydrogens (tertiary/aromatic N) is 1. The van der Waals surface area contributed by atoms with Gasteiger partial charge in [0.15, 0.2) is 15.6 Å². The third-order valence-electron chi connectivity index (χ3n) is 2.01. The summed E-state index contributed by atoms with van der Waals surface area (Å²) in [5.74, 6) is -2.73. The standard InChI is InChI=1S/C9H9NO6S2/c1-17-6-2-3-8(7(4-6)10(13)14)18(15,16)5-9(11)12/h2-4H,5H2,1H3,(H,11,12). The molecule has 0 unspecified atom stereocenters. The molecule has 18 heavy (non-hydrogen) atoms. The zero-order valence-corrected chi connectivity index (χ0v) is 10.8. The van der Waals surface area contributed by atoms with Crippen molar-refractivity contribution >= 4 is 33.3 Å². The van der Waals surface area contributed by atoms with Crippen LogP contribution >= 0.6 is 11.8 Å². The van der Waals surface area contributed by atoms with Crippen LogP contribution in [0.1, 0.15) is 0 Å². The maximum absolute atomic E-state index is 11.7. The van der Waals surface area contributed by atoms with E-state index in [0.29, 0.717) is 4.90 Å². The quantitative estimate of drug-likeness (QED) is 0.492. The fourth-order valence-electron chi connectivity index (χ4n) is 1.27. The van der Waals surface area contributed by atoms with E-state index in [1.165, 1.54) is 17.8 Å². The second-order valence-electron chi connectivity index (χ2n) is 3.24. The highest BCUT2D eigenvalue weighted by Crippen LogP contribution is 2.29. The van der Waals surface area contributed by atoms with Gasteiger partial charge in [-0.1, -0.05) is 0 Å². The van der Waals surface area contributed by atoms with E-state index in [4.69, 9.17) is 5.11 Å². The van der Waals surface area contributed by atoms with Crippen LogP contribution in [0.4, 0.5) is 5.69 Å². The fourth-order valence-corrected chi connectivity index (χ4v) is 2.91. The Kier molecular flexibility index (Phi) is 4.30. The van der Waals surface area contributed by atoms with Gasteiger partial charge < -0.3 is 5.11 Å². The van der Waals surface area contributed by atoms with Gasteiger partial charge in [-0.3, -0.25) is 14.9 Å². The zero-order chi connectivity index (χ0) is 13.9. The number of sulfone groups is 1. The maximum Gasteiger partial charge on any atom is 0.319 e. The Morgan fingerprint density at radius 3 is 2.56 bits per heavy atom. The van der Waals surface area contributed by atoms with Gasteiger partial charge >= 0.3 is 5.97 Å². The number of nitro benzene ring substituents is 1. The summed E-state index contributed by atoms with van der Waals surface area (Å²) in [5, 5.41) is 19.3. The molecule has 9 heteroatoms. The van der Waals surface area contributed by atoms with Crippen molar-refractivity contribution in [1.82, 2.24) is 0 Å². The molecular weight excluding hydrogens is 282 g/mol. The average molecular weight is 291 g/mol. The molecule has 0 spiro atoms. The molecule has 0 saturated heterocycles. The van der Waals surface area contributed by atoms with Crippen LogP contribution in [0.25, 0.3) is 0 Å². The van der Waals surface area contributed by atoms with E-state index in [1.54, 1.807) is 6.26 Å². The van der Waals surface area contributed by atoms with E-state index in [9.17, 15) is 23.3 Å². The molecule has 1 rings (SSSR count). The molecule has 0 radical (unpaired) electrons. The Hall–Kier alpha value is -1.61. The van der Waals surface area contributed by atoms with Gasteiger partial charge in [0, 0.05) is 11.0 Å². The van der Waals surface area contributed by atoms with Crippen LogP contribution in [-0.4, -0.2) is 36.4 Å². The third-order valence-corrected chi connectivity index (χ3v) is 4.38. The minimum absolute atomic E-state index is 0.524. The first kappa shape index (κ1) is 14.5. The van der Waals surface area contributed by atoms with Gasteiger partial charge in [-0.25, -0.2) is 8.42 Å². The van der Waals surface area contributed by atoms with Crippen molar-refractivity contribution in [3.8, 4) is 0 Å². The second-order valence-corrected chi connectivity index (χ2v) is 6.08. The lowest BCUT2D eigenvalue weighted by atomic mass is 10.3. The van der Waals surface area contributed by atoms with Crippen LogP contribution < -0.4 is 0 Å². The number of aliphatic carboxylic acids is 1. The minimum Gasteiger partial charge on any atom is -0.480 e. The first-order chi connectivity index (χ1) is 8.27. The molecule has 0 heterocycles. The lowest BCUT2D eigenvalue weighted by Gasteiger charge is -2.04. The normalized spacial score (nSPS) is 11.2. The number of thioether (sulfide) groups is 1. The van der Waals surface area contributed by atoms with Gasteiger partial charge in [-0.15, -0.1) is 11.8 Å². The molecule has 0 amide bonds. The molecule has 1 aromatic carbocycles. The highest BCUT2D eigenvalue weighted by Gasteiger charge is 2.28. The number of nitro groups is 1.